The van der Waals surface area contributed by atoms with Crippen LogP contribution in [0.4, 0.5) is 0 Å². The summed E-state index contributed by atoms with van der Waals surface area (Å²) in [7, 11) is 2.56. The second kappa shape index (κ2) is 4.53. The second-order valence-corrected chi connectivity index (χ2v) is 7.04. The number of hydrogen-bond donors (Lipinski definition) is 0. The van der Waals surface area contributed by atoms with E-state index in [1.807, 2.05) is 19.9 Å². The molecule has 1 amide bonds. The van der Waals surface area contributed by atoms with Crippen LogP contribution >= 0.6 is 9.24 Å². The van der Waals surface area contributed by atoms with E-state index < -0.39 is 10.6 Å². The standard InChI is InChI=1S/C15H19N2O2P/c1-9(2)17-7-6-11-14(3,4)12(18)10(16-5)8-15(11,20)13(17)19/h6,8-9H,7,20H2,1-4H3/t15-/m0/s1. The van der Waals surface area contributed by atoms with Gasteiger partial charge in [0.15, 0.2) is 5.78 Å². The van der Waals surface area contributed by atoms with E-state index in [0.717, 1.165) is 5.57 Å². The molecule has 0 radical (unpaired) electrons. The fourth-order valence-electron chi connectivity index (χ4n) is 2.96. The minimum absolute atomic E-state index is 0.0566. The summed E-state index contributed by atoms with van der Waals surface area (Å²) in [5, 5.41) is -0.959. The van der Waals surface area contributed by atoms with Crippen LogP contribution in [0.5, 0.6) is 0 Å². The van der Waals surface area contributed by atoms with Crippen molar-refractivity contribution in [2.24, 2.45) is 5.41 Å². The largest absolute Gasteiger partial charge is 0.335 e. The van der Waals surface area contributed by atoms with E-state index in [9.17, 15) is 9.59 Å². The Balaban J connectivity index is 2.67. The molecule has 0 aromatic heterocycles. The maximum absolute atomic E-state index is 12.8. The predicted octanol–water partition coefficient (Wildman–Crippen LogP) is 2.19. The maximum Gasteiger partial charge on any atom is 0.239 e. The van der Waals surface area contributed by atoms with Crippen LogP contribution in [0.2, 0.25) is 0 Å². The molecule has 0 saturated carbocycles. The molecular weight excluding hydrogens is 271 g/mol. The van der Waals surface area contributed by atoms with Gasteiger partial charge in [-0.3, -0.25) is 4.79 Å². The molecule has 0 aromatic carbocycles. The number of ketones is 1. The van der Waals surface area contributed by atoms with Gasteiger partial charge in [0.2, 0.25) is 11.6 Å². The van der Waals surface area contributed by atoms with Crippen molar-refractivity contribution in [1.29, 1.82) is 0 Å². The summed E-state index contributed by atoms with van der Waals surface area (Å²) in [6.07, 6.45) is 3.48. The number of fused-ring (bicyclic) bond motifs is 1. The molecule has 20 heavy (non-hydrogen) atoms. The quantitative estimate of drug-likeness (QED) is 0.422. The van der Waals surface area contributed by atoms with Crippen LogP contribution in [-0.2, 0) is 9.59 Å². The van der Waals surface area contributed by atoms with Crippen LogP contribution in [0.15, 0.2) is 23.4 Å². The zero-order valence-corrected chi connectivity index (χ0v) is 13.4. The number of carbonyl (C=O) groups is 2. The van der Waals surface area contributed by atoms with Crippen molar-refractivity contribution in [3.8, 4) is 0 Å². The van der Waals surface area contributed by atoms with Crippen molar-refractivity contribution in [2.45, 2.75) is 38.9 Å². The molecule has 1 unspecified atom stereocenters. The van der Waals surface area contributed by atoms with E-state index in [2.05, 4.69) is 14.1 Å². The van der Waals surface area contributed by atoms with Gasteiger partial charge in [-0.25, -0.2) is 4.85 Å². The number of Topliss-reactive ketones (excluding diaryl/α,β-unsaturated/α-hetero) is 1. The average Bonchev–Trinajstić information content (AvgIpc) is 2.36. The van der Waals surface area contributed by atoms with Gasteiger partial charge in [0.25, 0.3) is 0 Å². The van der Waals surface area contributed by atoms with Gasteiger partial charge in [-0.15, -0.1) is 9.24 Å². The van der Waals surface area contributed by atoms with Gasteiger partial charge in [0.1, 0.15) is 0 Å². The number of allylic oxidation sites excluding steroid dienone is 1. The Morgan fingerprint density at radius 2 is 2.00 bits per heavy atom. The first kappa shape index (κ1) is 14.9. The maximum atomic E-state index is 12.8. The third-order valence-electron chi connectivity index (χ3n) is 4.13. The lowest BCUT2D eigenvalue weighted by atomic mass is 9.67. The summed E-state index contributed by atoms with van der Waals surface area (Å²) in [5.74, 6) is -0.264. The van der Waals surface area contributed by atoms with Crippen LogP contribution in [0, 0.1) is 12.0 Å². The Morgan fingerprint density at radius 3 is 2.50 bits per heavy atom. The lowest BCUT2D eigenvalue weighted by Gasteiger charge is -2.47. The van der Waals surface area contributed by atoms with Crippen LogP contribution in [0.3, 0.4) is 0 Å². The molecule has 106 valence electrons. The molecule has 2 rings (SSSR count). The van der Waals surface area contributed by atoms with E-state index in [0.29, 0.717) is 6.54 Å². The van der Waals surface area contributed by atoms with Gasteiger partial charge in [-0.05, 0) is 19.4 Å². The number of rotatable bonds is 1. The Bertz CT molecular complexity index is 595. The third-order valence-corrected chi connectivity index (χ3v) is 4.86. The molecular formula is C15H19N2O2P. The van der Waals surface area contributed by atoms with Crippen molar-refractivity contribution >= 4 is 20.9 Å². The first-order valence-corrected chi connectivity index (χ1v) is 7.20. The van der Waals surface area contributed by atoms with E-state index in [4.69, 9.17) is 6.57 Å². The minimum Gasteiger partial charge on any atom is -0.335 e. The Morgan fingerprint density at radius 1 is 1.40 bits per heavy atom. The van der Waals surface area contributed by atoms with E-state index in [1.54, 1.807) is 18.7 Å². The van der Waals surface area contributed by atoms with Crippen LogP contribution < -0.4 is 0 Å². The van der Waals surface area contributed by atoms with E-state index in [-0.39, 0.29) is 23.4 Å². The molecule has 2 atom stereocenters. The van der Waals surface area contributed by atoms with Crippen molar-refractivity contribution < 1.29 is 9.59 Å². The first-order chi connectivity index (χ1) is 9.16. The Kier molecular flexibility index (Phi) is 3.38. The molecule has 0 N–H and O–H groups in total. The predicted molar refractivity (Wildman–Crippen MR) is 80.8 cm³/mol. The molecule has 1 heterocycles. The first-order valence-electron chi connectivity index (χ1n) is 6.62. The summed E-state index contributed by atoms with van der Waals surface area (Å²) in [6, 6.07) is 0.0863. The van der Waals surface area contributed by atoms with Crippen molar-refractivity contribution in [3.05, 3.63) is 34.8 Å². The molecule has 0 fully saturated rings. The fourth-order valence-corrected chi connectivity index (χ4v) is 3.76. The topological polar surface area (TPSA) is 41.7 Å². The molecule has 1 aliphatic heterocycles. The molecule has 0 bridgehead atoms. The molecule has 1 aliphatic carbocycles. The van der Waals surface area contributed by atoms with Gasteiger partial charge >= 0.3 is 0 Å². The minimum atomic E-state index is -0.959. The van der Waals surface area contributed by atoms with Crippen molar-refractivity contribution in [1.82, 2.24) is 4.90 Å². The molecule has 5 heteroatoms. The monoisotopic (exact) mass is 290 g/mol. The highest BCUT2D eigenvalue weighted by molar-refractivity contribution is 7.22. The summed E-state index contributed by atoms with van der Waals surface area (Å²) in [6.45, 7) is 15.2. The molecule has 2 aliphatic rings. The molecule has 0 saturated heterocycles. The average molecular weight is 290 g/mol. The van der Waals surface area contributed by atoms with Crippen LogP contribution in [0.25, 0.3) is 4.85 Å². The van der Waals surface area contributed by atoms with Crippen molar-refractivity contribution in [3.63, 3.8) is 0 Å². The zero-order chi connectivity index (χ0) is 15.3. The van der Waals surface area contributed by atoms with Crippen LogP contribution in [-0.4, -0.2) is 34.3 Å². The van der Waals surface area contributed by atoms with Gasteiger partial charge in [0.05, 0.1) is 11.7 Å². The zero-order valence-electron chi connectivity index (χ0n) is 12.2. The summed E-state index contributed by atoms with van der Waals surface area (Å²) in [5.41, 5.74) is 0.0326. The second-order valence-electron chi connectivity index (χ2n) is 6.13. The lowest BCUT2D eigenvalue weighted by Crippen LogP contribution is -2.56. The molecule has 0 spiro atoms. The van der Waals surface area contributed by atoms with Gasteiger partial charge in [-0.2, -0.15) is 0 Å². The highest BCUT2D eigenvalue weighted by atomic mass is 31.0. The highest BCUT2D eigenvalue weighted by Crippen LogP contribution is 2.50. The third kappa shape index (κ3) is 1.84. The Hall–Kier alpha value is -1.46. The van der Waals surface area contributed by atoms with Gasteiger partial charge < -0.3 is 9.69 Å². The number of hydrogen-bond acceptors (Lipinski definition) is 2. The van der Waals surface area contributed by atoms with Gasteiger partial charge in [-0.1, -0.05) is 26.0 Å². The molecule has 4 nitrogen and oxygen atoms in total. The Labute approximate surface area is 121 Å². The fraction of sp³-hybridized carbons (Fsp3) is 0.533. The summed E-state index contributed by atoms with van der Waals surface area (Å²) < 4.78 is 0. The number of carbonyl (C=O) groups excluding carboxylic acids is 2. The number of nitrogens with zero attached hydrogens (tertiary/aromatic N) is 2. The van der Waals surface area contributed by atoms with E-state index >= 15 is 0 Å². The van der Waals surface area contributed by atoms with Crippen molar-refractivity contribution in [2.75, 3.05) is 6.54 Å². The van der Waals surface area contributed by atoms with Crippen LogP contribution in [0.1, 0.15) is 27.7 Å². The molecule has 0 aromatic rings. The van der Waals surface area contributed by atoms with Gasteiger partial charge in [0, 0.05) is 18.0 Å². The normalized spacial score (nSPS) is 28.8. The lowest BCUT2D eigenvalue weighted by molar-refractivity contribution is -0.134. The summed E-state index contributed by atoms with van der Waals surface area (Å²) >= 11 is 0. The summed E-state index contributed by atoms with van der Waals surface area (Å²) in [4.78, 5) is 30.2. The highest BCUT2D eigenvalue weighted by Gasteiger charge is 2.53. The van der Waals surface area contributed by atoms with E-state index in [1.165, 1.54) is 6.08 Å². The number of amides is 1. The SMILES string of the molecule is [C-]#[N+]C1=C[C@@]2(P)C(=O)N(C(C)C)CC=C2C(C)(C)C1=O. The smallest absolute Gasteiger partial charge is 0.239 e.